The molecule has 0 bridgehead atoms. The van der Waals surface area contributed by atoms with Crippen molar-refractivity contribution in [3.63, 3.8) is 0 Å². The van der Waals surface area contributed by atoms with Crippen molar-refractivity contribution in [1.29, 1.82) is 0 Å². The van der Waals surface area contributed by atoms with Gasteiger partial charge in [0.25, 0.3) is 0 Å². The van der Waals surface area contributed by atoms with Crippen molar-refractivity contribution in [3.05, 3.63) is 271 Å². The van der Waals surface area contributed by atoms with Crippen LogP contribution in [0.4, 0.5) is 0 Å². The Morgan fingerprint density at radius 1 is 0.277 bits per heavy atom. The van der Waals surface area contributed by atoms with Crippen LogP contribution in [0.15, 0.2) is 249 Å². The highest BCUT2D eigenvalue weighted by Gasteiger charge is 2.45. The fourth-order valence-corrected chi connectivity index (χ4v) is 9.96. The highest BCUT2D eigenvalue weighted by atomic mass is 14.9. The van der Waals surface area contributed by atoms with Gasteiger partial charge in [-0.2, -0.15) is 0 Å². The molecule has 0 saturated carbocycles. The largest absolute Gasteiger partial charge is 0.248 e. The van der Waals surface area contributed by atoms with Gasteiger partial charge in [-0.1, -0.05) is 212 Å². The molecule has 0 atom stereocenters. The van der Waals surface area contributed by atoms with E-state index in [9.17, 15) is 0 Å². The van der Waals surface area contributed by atoms with Crippen molar-refractivity contribution in [3.8, 4) is 78.5 Å². The number of nitrogens with zero attached hydrogens (tertiary/aromatic N) is 3. The molecular formula is C62H41N3. The zero-order chi connectivity index (χ0) is 43.2. The molecule has 1 aliphatic rings. The van der Waals surface area contributed by atoms with Crippen LogP contribution >= 0.6 is 0 Å². The molecular weight excluding hydrogens is 787 g/mol. The molecule has 0 unspecified atom stereocenters. The maximum absolute atomic E-state index is 5.45. The fraction of sp³-hybridized carbons (Fsp3) is 0.0161. The van der Waals surface area contributed by atoms with Gasteiger partial charge in [0.15, 0.2) is 5.82 Å². The number of pyridine rings is 1. The topological polar surface area (TPSA) is 38.7 Å². The maximum atomic E-state index is 5.45. The second-order valence-electron chi connectivity index (χ2n) is 16.7. The van der Waals surface area contributed by atoms with E-state index in [2.05, 4.69) is 224 Å². The second kappa shape index (κ2) is 16.0. The van der Waals surface area contributed by atoms with Crippen LogP contribution in [0.3, 0.4) is 0 Å². The predicted molar refractivity (Wildman–Crippen MR) is 267 cm³/mol. The molecule has 0 amide bonds. The van der Waals surface area contributed by atoms with Crippen molar-refractivity contribution in [2.24, 2.45) is 0 Å². The summed E-state index contributed by atoms with van der Waals surface area (Å²) >= 11 is 0. The molecule has 0 aliphatic heterocycles. The van der Waals surface area contributed by atoms with Gasteiger partial charge in [-0.05, 0) is 92.0 Å². The number of aromatic nitrogens is 3. The van der Waals surface area contributed by atoms with E-state index in [1.165, 1.54) is 33.4 Å². The summed E-state index contributed by atoms with van der Waals surface area (Å²) in [5, 5.41) is 1.01. The van der Waals surface area contributed by atoms with E-state index >= 15 is 0 Å². The van der Waals surface area contributed by atoms with Crippen molar-refractivity contribution in [2.75, 3.05) is 0 Å². The molecule has 304 valence electrons. The Morgan fingerprint density at radius 2 is 0.754 bits per heavy atom. The van der Waals surface area contributed by atoms with Crippen molar-refractivity contribution < 1.29 is 0 Å². The Balaban J connectivity index is 0.982. The van der Waals surface area contributed by atoms with E-state index in [0.29, 0.717) is 5.82 Å². The van der Waals surface area contributed by atoms with E-state index in [4.69, 9.17) is 15.0 Å². The van der Waals surface area contributed by atoms with Crippen LogP contribution in [0.25, 0.3) is 89.4 Å². The Kier molecular flexibility index (Phi) is 9.39. The minimum atomic E-state index is -0.474. The highest BCUT2D eigenvalue weighted by Crippen LogP contribution is 2.56. The number of para-hydroxylation sites is 1. The summed E-state index contributed by atoms with van der Waals surface area (Å²) in [6.07, 6.45) is 0. The summed E-state index contributed by atoms with van der Waals surface area (Å²) < 4.78 is 0. The Hall–Kier alpha value is -8.53. The van der Waals surface area contributed by atoms with Crippen LogP contribution in [-0.4, -0.2) is 15.0 Å². The minimum Gasteiger partial charge on any atom is -0.248 e. The fourth-order valence-electron chi connectivity index (χ4n) is 9.96. The Labute approximate surface area is 379 Å². The Morgan fingerprint density at radius 3 is 1.43 bits per heavy atom. The molecule has 65 heavy (non-hydrogen) atoms. The normalized spacial score (nSPS) is 12.4. The molecule has 12 rings (SSSR count). The molecule has 0 spiro atoms. The molecule has 1 aliphatic carbocycles. The van der Waals surface area contributed by atoms with Crippen LogP contribution in [0.1, 0.15) is 22.3 Å². The molecule has 11 aromatic rings. The van der Waals surface area contributed by atoms with E-state index in [1.807, 2.05) is 24.3 Å². The lowest BCUT2D eigenvalue weighted by molar-refractivity contribution is 0.769. The molecule has 2 heterocycles. The third-order valence-electron chi connectivity index (χ3n) is 12.9. The van der Waals surface area contributed by atoms with E-state index in [1.54, 1.807) is 0 Å². The standard InChI is InChI=1S/C62H41N3/c1-4-19-42(20-5-1)49-40-58(63-59(41-49)47-26-17-27-48(38-47)60-54-33-12-15-36-57(54)64-61(65-60)43-21-6-2-7-22-43)46-25-16-23-44(37-46)45-24-18-30-51(39-45)62(50-28-8-3-9-29-50)55-34-13-10-31-52(55)53-32-11-14-35-56(53)62/h1-41H. The third kappa shape index (κ3) is 6.65. The van der Waals surface area contributed by atoms with Gasteiger partial charge in [-0.25, -0.2) is 15.0 Å². The van der Waals surface area contributed by atoms with Gasteiger partial charge in [0.1, 0.15) is 0 Å². The van der Waals surface area contributed by atoms with Crippen LogP contribution in [-0.2, 0) is 5.41 Å². The van der Waals surface area contributed by atoms with Crippen molar-refractivity contribution >= 4 is 10.9 Å². The van der Waals surface area contributed by atoms with Gasteiger partial charge >= 0.3 is 0 Å². The van der Waals surface area contributed by atoms with E-state index < -0.39 is 5.41 Å². The lowest BCUT2D eigenvalue weighted by Gasteiger charge is -2.34. The number of fused-ring (bicyclic) bond motifs is 4. The zero-order valence-corrected chi connectivity index (χ0v) is 35.5. The van der Waals surface area contributed by atoms with Crippen LogP contribution in [0.5, 0.6) is 0 Å². The first-order valence-corrected chi connectivity index (χ1v) is 22.2. The smallest absolute Gasteiger partial charge is 0.160 e. The number of rotatable bonds is 8. The van der Waals surface area contributed by atoms with Gasteiger partial charge in [0.2, 0.25) is 0 Å². The summed E-state index contributed by atoms with van der Waals surface area (Å²) in [6.45, 7) is 0. The average molecular weight is 828 g/mol. The SMILES string of the molecule is c1ccc(-c2cc(-c3cccc(-c4cccc(C5(c6ccccc6)c6ccccc6-c6ccccc65)c4)c3)nc(-c3cccc(-c4nc(-c5ccccc5)nc5ccccc45)c3)c2)cc1. The quantitative estimate of drug-likeness (QED) is 0.153. The highest BCUT2D eigenvalue weighted by molar-refractivity contribution is 5.94. The molecule has 2 aromatic heterocycles. The van der Waals surface area contributed by atoms with Gasteiger partial charge < -0.3 is 0 Å². The second-order valence-corrected chi connectivity index (χ2v) is 16.7. The molecule has 0 fully saturated rings. The number of hydrogen-bond donors (Lipinski definition) is 0. The summed E-state index contributed by atoms with van der Waals surface area (Å²) in [6, 6.07) is 88.9. The molecule has 0 saturated heterocycles. The first kappa shape index (κ1) is 38.2. The lowest BCUT2D eigenvalue weighted by Crippen LogP contribution is -2.28. The first-order chi connectivity index (χ1) is 32.2. The first-order valence-electron chi connectivity index (χ1n) is 22.2. The summed E-state index contributed by atoms with van der Waals surface area (Å²) in [5.74, 6) is 0.703. The predicted octanol–water partition coefficient (Wildman–Crippen LogP) is 15.4. The minimum absolute atomic E-state index is 0.474. The molecule has 3 nitrogen and oxygen atoms in total. The van der Waals surface area contributed by atoms with Gasteiger partial charge in [0.05, 0.1) is 28.0 Å². The molecule has 0 radical (unpaired) electrons. The molecule has 9 aromatic carbocycles. The molecule has 3 heteroatoms. The van der Waals surface area contributed by atoms with Crippen LogP contribution < -0.4 is 0 Å². The lowest BCUT2D eigenvalue weighted by atomic mass is 9.67. The number of hydrogen-bond acceptors (Lipinski definition) is 3. The monoisotopic (exact) mass is 827 g/mol. The van der Waals surface area contributed by atoms with E-state index in [0.717, 1.165) is 72.5 Å². The van der Waals surface area contributed by atoms with Crippen LogP contribution in [0, 0.1) is 0 Å². The van der Waals surface area contributed by atoms with Gasteiger partial charge in [-0.15, -0.1) is 0 Å². The van der Waals surface area contributed by atoms with Gasteiger partial charge in [-0.3, -0.25) is 0 Å². The molecule has 0 N–H and O–H groups in total. The van der Waals surface area contributed by atoms with Crippen LogP contribution in [0.2, 0.25) is 0 Å². The Bertz CT molecular complexity index is 3500. The van der Waals surface area contributed by atoms with Gasteiger partial charge in [0, 0.05) is 27.6 Å². The summed E-state index contributed by atoms with van der Waals surface area (Å²) in [4.78, 5) is 15.6. The average Bonchev–Trinajstić information content (AvgIpc) is 3.70. The maximum Gasteiger partial charge on any atom is 0.160 e. The van der Waals surface area contributed by atoms with E-state index in [-0.39, 0.29) is 0 Å². The summed E-state index contributed by atoms with van der Waals surface area (Å²) in [7, 11) is 0. The number of benzene rings is 9. The summed E-state index contributed by atoms with van der Waals surface area (Å²) in [5.41, 5.74) is 19.4. The van der Waals surface area contributed by atoms with Crippen molar-refractivity contribution in [1.82, 2.24) is 15.0 Å². The zero-order valence-electron chi connectivity index (χ0n) is 35.5. The van der Waals surface area contributed by atoms with Crippen molar-refractivity contribution in [2.45, 2.75) is 5.41 Å². The third-order valence-corrected chi connectivity index (χ3v) is 12.9.